The molecule has 0 fully saturated rings. The van der Waals surface area contributed by atoms with Gasteiger partial charge in [-0.1, -0.05) is 61.6 Å². The monoisotopic (exact) mass is 272 g/mol. The largest absolute Gasteiger partial charge is 0.465 e. The summed E-state index contributed by atoms with van der Waals surface area (Å²) in [6, 6.07) is 9.67. The Balaban J connectivity index is 2.18. The van der Waals surface area contributed by atoms with E-state index in [4.69, 9.17) is 4.74 Å². The Bertz CT molecular complexity index is 446. The second kappa shape index (κ2) is 9.13. The number of hydrogen-bond donors (Lipinski definition) is 0. The van der Waals surface area contributed by atoms with Gasteiger partial charge < -0.3 is 4.74 Å². The van der Waals surface area contributed by atoms with Crippen molar-refractivity contribution in [3.05, 3.63) is 60.2 Å². The molecule has 0 spiro atoms. The van der Waals surface area contributed by atoms with Crippen molar-refractivity contribution in [1.82, 2.24) is 0 Å². The van der Waals surface area contributed by atoms with Gasteiger partial charge in [0.1, 0.15) is 0 Å². The van der Waals surface area contributed by atoms with Gasteiger partial charge in [0.25, 0.3) is 0 Å². The molecule has 2 nitrogen and oxygen atoms in total. The maximum atomic E-state index is 11.7. The van der Waals surface area contributed by atoms with E-state index >= 15 is 0 Å². The first-order chi connectivity index (χ1) is 9.58. The Hall–Kier alpha value is -1.83. The maximum absolute atomic E-state index is 11.7. The van der Waals surface area contributed by atoms with Crippen LogP contribution in [0.3, 0.4) is 0 Å². The van der Waals surface area contributed by atoms with E-state index in [0.29, 0.717) is 18.9 Å². The molecular weight excluding hydrogens is 248 g/mol. The van der Waals surface area contributed by atoms with Crippen molar-refractivity contribution >= 4 is 5.97 Å². The average molecular weight is 272 g/mol. The highest BCUT2D eigenvalue weighted by atomic mass is 16.5. The first-order valence-electron chi connectivity index (χ1n) is 7.09. The van der Waals surface area contributed by atoms with Crippen LogP contribution >= 0.6 is 0 Å². The van der Waals surface area contributed by atoms with Crippen LogP contribution in [0.1, 0.15) is 32.3 Å². The predicted molar refractivity (Wildman–Crippen MR) is 83.5 cm³/mol. The van der Waals surface area contributed by atoms with Gasteiger partial charge in [0.2, 0.25) is 0 Å². The highest BCUT2D eigenvalue weighted by Crippen LogP contribution is 2.08. The van der Waals surface area contributed by atoms with E-state index in [2.05, 4.69) is 19.6 Å². The average Bonchev–Trinajstić information content (AvgIpc) is 2.42. The number of hydrogen-bond acceptors (Lipinski definition) is 2. The quantitative estimate of drug-likeness (QED) is 0.520. The molecule has 1 unspecified atom stereocenters. The van der Waals surface area contributed by atoms with E-state index in [1.807, 2.05) is 43.3 Å². The minimum Gasteiger partial charge on any atom is -0.465 e. The molecule has 20 heavy (non-hydrogen) atoms. The van der Waals surface area contributed by atoms with Gasteiger partial charge in [-0.05, 0) is 31.2 Å². The molecule has 0 saturated heterocycles. The predicted octanol–water partition coefficient (Wildman–Crippen LogP) is 4.32. The molecular formula is C18H24O2. The second-order valence-electron chi connectivity index (χ2n) is 5.28. The zero-order valence-corrected chi connectivity index (χ0v) is 12.5. The molecule has 1 aromatic rings. The van der Waals surface area contributed by atoms with Crippen LogP contribution in [0.4, 0.5) is 0 Å². The topological polar surface area (TPSA) is 26.3 Å². The number of carbonyl (C=O) groups excluding carboxylic acids is 1. The fourth-order valence-corrected chi connectivity index (χ4v) is 1.80. The van der Waals surface area contributed by atoms with Crippen LogP contribution in [0.25, 0.3) is 0 Å². The van der Waals surface area contributed by atoms with Crippen LogP contribution in [-0.2, 0) is 16.0 Å². The van der Waals surface area contributed by atoms with Crippen molar-refractivity contribution in [2.24, 2.45) is 5.92 Å². The molecule has 0 radical (unpaired) electrons. The van der Waals surface area contributed by atoms with Crippen LogP contribution in [0.15, 0.2) is 54.6 Å². The molecule has 108 valence electrons. The lowest BCUT2D eigenvalue weighted by atomic mass is 10.1. The Kier molecular flexibility index (Phi) is 7.41. The molecule has 0 saturated carbocycles. The fourth-order valence-electron chi connectivity index (χ4n) is 1.80. The maximum Gasteiger partial charge on any atom is 0.310 e. The second-order valence-corrected chi connectivity index (χ2v) is 5.28. The van der Waals surface area contributed by atoms with Crippen molar-refractivity contribution in [3.63, 3.8) is 0 Å². The summed E-state index contributed by atoms with van der Waals surface area (Å²) in [6.45, 7) is 8.39. The van der Waals surface area contributed by atoms with Crippen molar-refractivity contribution in [2.75, 3.05) is 6.61 Å². The molecule has 0 aliphatic rings. The zero-order valence-electron chi connectivity index (χ0n) is 12.5. The van der Waals surface area contributed by atoms with Crippen molar-refractivity contribution in [1.29, 1.82) is 0 Å². The van der Waals surface area contributed by atoms with Gasteiger partial charge in [-0.2, -0.15) is 0 Å². The molecule has 0 aromatic heterocycles. The number of benzene rings is 1. The molecule has 1 rings (SSSR count). The van der Waals surface area contributed by atoms with Crippen LogP contribution in [0, 0.1) is 5.92 Å². The van der Waals surface area contributed by atoms with E-state index in [9.17, 15) is 4.79 Å². The van der Waals surface area contributed by atoms with Crippen molar-refractivity contribution < 1.29 is 9.53 Å². The van der Waals surface area contributed by atoms with E-state index in [0.717, 1.165) is 24.0 Å². The van der Waals surface area contributed by atoms with E-state index < -0.39 is 0 Å². The zero-order chi connectivity index (χ0) is 14.8. The summed E-state index contributed by atoms with van der Waals surface area (Å²) in [5, 5.41) is 0. The van der Waals surface area contributed by atoms with E-state index in [-0.39, 0.29) is 5.97 Å². The molecule has 2 heteroatoms. The molecule has 1 aromatic carbocycles. The Morgan fingerprint density at radius 1 is 1.35 bits per heavy atom. The van der Waals surface area contributed by atoms with Crippen LogP contribution in [0.2, 0.25) is 0 Å². The Morgan fingerprint density at radius 3 is 2.70 bits per heavy atom. The molecule has 0 amide bonds. The van der Waals surface area contributed by atoms with Crippen molar-refractivity contribution in [2.45, 2.75) is 33.1 Å². The Labute approximate surface area is 122 Å². The van der Waals surface area contributed by atoms with Gasteiger partial charge in [0.05, 0.1) is 13.0 Å². The molecule has 0 bridgehead atoms. The van der Waals surface area contributed by atoms with Gasteiger partial charge in [-0.25, -0.2) is 0 Å². The smallest absolute Gasteiger partial charge is 0.310 e. The molecule has 0 aliphatic heterocycles. The van der Waals surface area contributed by atoms with Gasteiger partial charge in [-0.15, -0.1) is 0 Å². The minimum absolute atomic E-state index is 0.152. The first kappa shape index (κ1) is 16.2. The van der Waals surface area contributed by atoms with Gasteiger partial charge in [0.15, 0.2) is 0 Å². The number of carbonyl (C=O) groups is 1. The third kappa shape index (κ3) is 7.57. The lowest BCUT2D eigenvalue weighted by molar-refractivity contribution is -0.144. The van der Waals surface area contributed by atoms with Gasteiger partial charge in [-0.3, -0.25) is 4.79 Å². The van der Waals surface area contributed by atoms with Gasteiger partial charge in [0, 0.05) is 0 Å². The van der Waals surface area contributed by atoms with Gasteiger partial charge >= 0.3 is 5.97 Å². The number of esters is 1. The molecule has 0 heterocycles. The lowest BCUT2D eigenvalue weighted by Gasteiger charge is -2.11. The summed E-state index contributed by atoms with van der Waals surface area (Å²) in [4.78, 5) is 11.7. The molecule has 1 atom stereocenters. The number of allylic oxidation sites excluding steroid dienone is 3. The SMILES string of the molecule is C=C(C)/C=C/CCC(C)COC(=O)Cc1ccccc1. The Morgan fingerprint density at radius 2 is 2.05 bits per heavy atom. The summed E-state index contributed by atoms with van der Waals surface area (Å²) in [5.41, 5.74) is 2.06. The summed E-state index contributed by atoms with van der Waals surface area (Å²) in [5.74, 6) is 0.227. The van der Waals surface area contributed by atoms with Crippen LogP contribution < -0.4 is 0 Å². The summed E-state index contributed by atoms with van der Waals surface area (Å²) in [6.07, 6.45) is 6.49. The normalized spacial score (nSPS) is 12.3. The van der Waals surface area contributed by atoms with E-state index in [1.54, 1.807) is 0 Å². The fraction of sp³-hybridized carbons (Fsp3) is 0.389. The highest BCUT2D eigenvalue weighted by Gasteiger charge is 2.07. The van der Waals surface area contributed by atoms with Crippen LogP contribution in [0.5, 0.6) is 0 Å². The third-order valence-corrected chi connectivity index (χ3v) is 2.95. The van der Waals surface area contributed by atoms with E-state index in [1.165, 1.54) is 0 Å². The summed E-state index contributed by atoms with van der Waals surface area (Å²) >= 11 is 0. The highest BCUT2D eigenvalue weighted by molar-refractivity contribution is 5.72. The third-order valence-electron chi connectivity index (χ3n) is 2.95. The number of ether oxygens (including phenoxy) is 1. The number of rotatable bonds is 8. The molecule has 0 N–H and O–H groups in total. The van der Waals surface area contributed by atoms with Crippen LogP contribution in [-0.4, -0.2) is 12.6 Å². The van der Waals surface area contributed by atoms with Crippen molar-refractivity contribution in [3.8, 4) is 0 Å². The molecule has 0 aliphatic carbocycles. The summed E-state index contributed by atoms with van der Waals surface area (Å²) < 4.78 is 5.31. The standard InChI is InChI=1S/C18H24O2/c1-15(2)9-7-8-10-16(3)14-20-18(19)13-17-11-5-4-6-12-17/h4-7,9,11-12,16H,1,8,10,13-14H2,2-3H3/b9-7+. The first-order valence-corrected chi connectivity index (χ1v) is 7.09. The summed E-state index contributed by atoms with van der Waals surface area (Å²) in [7, 11) is 0. The minimum atomic E-state index is -0.152. The lowest BCUT2D eigenvalue weighted by Crippen LogP contribution is -2.13.